The lowest BCUT2D eigenvalue weighted by atomic mass is 9.87. The third kappa shape index (κ3) is 3.25. The van der Waals surface area contributed by atoms with E-state index in [0.29, 0.717) is 0 Å². The van der Waals surface area contributed by atoms with Gasteiger partial charge in [0.2, 0.25) is 0 Å². The van der Waals surface area contributed by atoms with Crippen LogP contribution in [0.25, 0.3) is 0 Å². The summed E-state index contributed by atoms with van der Waals surface area (Å²) in [6.45, 7) is 8.81. The summed E-state index contributed by atoms with van der Waals surface area (Å²) in [5.41, 5.74) is 8.06. The first-order valence-electron chi connectivity index (χ1n) is 7.06. The molecule has 1 nitrogen and oxygen atoms in total. The molecule has 112 valence electrons. The second-order valence-corrected chi connectivity index (χ2v) is 7.33. The molecule has 3 heteroatoms. The molecule has 0 aliphatic heterocycles. The number of hydrogen-bond acceptors (Lipinski definition) is 1. The van der Waals surface area contributed by atoms with Gasteiger partial charge in [0.25, 0.3) is 0 Å². The fourth-order valence-electron chi connectivity index (χ4n) is 2.87. The van der Waals surface area contributed by atoms with Crippen molar-refractivity contribution in [3.8, 4) is 0 Å². The van der Waals surface area contributed by atoms with Crippen LogP contribution in [0.4, 0.5) is 0 Å². The number of nitrogens with one attached hydrogen (secondary N) is 1. The van der Waals surface area contributed by atoms with Gasteiger partial charge in [0, 0.05) is 8.95 Å². The van der Waals surface area contributed by atoms with E-state index in [4.69, 9.17) is 0 Å². The van der Waals surface area contributed by atoms with E-state index in [1.165, 1.54) is 33.4 Å². The van der Waals surface area contributed by atoms with E-state index in [2.05, 4.69) is 89.1 Å². The van der Waals surface area contributed by atoms with Crippen molar-refractivity contribution in [2.45, 2.75) is 33.7 Å². The van der Waals surface area contributed by atoms with Crippen molar-refractivity contribution in [2.75, 3.05) is 7.05 Å². The zero-order valence-corrected chi connectivity index (χ0v) is 16.3. The molecule has 0 heterocycles. The van der Waals surface area contributed by atoms with Gasteiger partial charge in [-0.2, -0.15) is 0 Å². The van der Waals surface area contributed by atoms with Crippen LogP contribution in [-0.4, -0.2) is 7.05 Å². The Morgan fingerprint density at radius 3 is 2.00 bits per heavy atom. The van der Waals surface area contributed by atoms with Crippen molar-refractivity contribution in [2.24, 2.45) is 0 Å². The van der Waals surface area contributed by atoms with Crippen molar-refractivity contribution in [3.05, 3.63) is 66.6 Å². The van der Waals surface area contributed by atoms with E-state index in [0.717, 1.165) is 8.95 Å². The maximum Gasteiger partial charge on any atom is 0.0591 e. The molecular weight excluding hydrogens is 390 g/mol. The van der Waals surface area contributed by atoms with Crippen LogP contribution in [0.3, 0.4) is 0 Å². The van der Waals surface area contributed by atoms with Gasteiger partial charge < -0.3 is 5.32 Å². The van der Waals surface area contributed by atoms with Crippen molar-refractivity contribution >= 4 is 31.9 Å². The molecule has 0 aliphatic rings. The Morgan fingerprint density at radius 1 is 0.905 bits per heavy atom. The van der Waals surface area contributed by atoms with Gasteiger partial charge >= 0.3 is 0 Å². The van der Waals surface area contributed by atoms with Gasteiger partial charge in [-0.05, 0) is 86.3 Å². The van der Waals surface area contributed by atoms with Gasteiger partial charge in [0.15, 0.2) is 0 Å². The predicted octanol–water partition coefficient (Wildman–Crippen LogP) is 5.75. The lowest BCUT2D eigenvalue weighted by molar-refractivity contribution is 0.678. The number of aryl methyl sites for hydroxylation is 2. The Hall–Kier alpha value is -0.640. The molecule has 2 aromatic carbocycles. The van der Waals surface area contributed by atoms with Crippen LogP contribution in [0.15, 0.2) is 33.2 Å². The molecule has 0 aromatic heterocycles. The predicted molar refractivity (Wildman–Crippen MR) is 98.1 cm³/mol. The summed E-state index contributed by atoms with van der Waals surface area (Å²) in [7, 11) is 2.02. The average molecular weight is 411 g/mol. The van der Waals surface area contributed by atoms with Crippen LogP contribution in [0.2, 0.25) is 0 Å². The number of halogens is 2. The molecule has 0 saturated heterocycles. The quantitative estimate of drug-likeness (QED) is 0.678. The Bertz CT molecular complexity index is 651. The molecule has 0 saturated carbocycles. The molecule has 1 N–H and O–H groups in total. The molecule has 0 amide bonds. The summed E-state index contributed by atoms with van der Waals surface area (Å²) in [6, 6.07) is 8.78. The summed E-state index contributed by atoms with van der Waals surface area (Å²) in [5.74, 6) is 0. The maximum absolute atomic E-state index is 3.69. The third-order valence-electron chi connectivity index (χ3n) is 4.27. The average Bonchev–Trinajstić information content (AvgIpc) is 2.44. The zero-order valence-electron chi connectivity index (χ0n) is 13.1. The van der Waals surface area contributed by atoms with Crippen LogP contribution < -0.4 is 5.32 Å². The minimum absolute atomic E-state index is 0.176. The molecule has 1 atom stereocenters. The largest absolute Gasteiger partial charge is 0.309 e. The third-order valence-corrected chi connectivity index (χ3v) is 5.49. The topological polar surface area (TPSA) is 12.0 Å². The van der Waals surface area contributed by atoms with Gasteiger partial charge in [-0.3, -0.25) is 0 Å². The first kappa shape index (κ1) is 16.7. The highest BCUT2D eigenvalue weighted by Gasteiger charge is 2.21. The fourth-order valence-corrected chi connectivity index (χ4v) is 3.73. The van der Waals surface area contributed by atoms with E-state index in [-0.39, 0.29) is 6.04 Å². The Kier molecular flexibility index (Phi) is 5.29. The summed E-state index contributed by atoms with van der Waals surface area (Å²) >= 11 is 7.28. The minimum Gasteiger partial charge on any atom is -0.309 e. The first-order chi connectivity index (χ1) is 9.86. The van der Waals surface area contributed by atoms with Gasteiger partial charge in [-0.1, -0.05) is 37.9 Å². The zero-order chi connectivity index (χ0) is 15.7. The molecular formula is C18H21Br2N. The number of hydrogen-bond donors (Lipinski definition) is 1. The second-order valence-electron chi connectivity index (χ2n) is 5.56. The van der Waals surface area contributed by atoms with Crippen LogP contribution in [0, 0.1) is 27.7 Å². The highest BCUT2D eigenvalue weighted by Crippen LogP contribution is 2.35. The van der Waals surface area contributed by atoms with Gasteiger partial charge in [-0.25, -0.2) is 0 Å². The van der Waals surface area contributed by atoms with E-state index < -0.39 is 0 Å². The fraction of sp³-hybridized carbons (Fsp3) is 0.333. The standard InChI is InChI=1S/C18H21Br2N/c1-10-8-11(2)13(4)17(12(10)3)18(21-5)15-9-14(19)6-7-16(15)20/h6-9,18,21H,1-5H3. The lowest BCUT2D eigenvalue weighted by Gasteiger charge is -2.25. The van der Waals surface area contributed by atoms with E-state index in [9.17, 15) is 0 Å². The molecule has 2 aromatic rings. The number of rotatable bonds is 3. The highest BCUT2D eigenvalue weighted by molar-refractivity contribution is 9.11. The van der Waals surface area contributed by atoms with Gasteiger partial charge in [0.1, 0.15) is 0 Å². The molecule has 0 spiro atoms. The molecule has 0 bridgehead atoms. The maximum atomic E-state index is 3.69. The normalized spacial score (nSPS) is 12.5. The Labute approximate surface area is 144 Å². The van der Waals surface area contributed by atoms with E-state index in [1.807, 2.05) is 7.05 Å². The van der Waals surface area contributed by atoms with Crippen LogP contribution in [-0.2, 0) is 0 Å². The summed E-state index contributed by atoms with van der Waals surface area (Å²) in [6.07, 6.45) is 0. The SMILES string of the molecule is CNC(c1cc(Br)ccc1Br)c1c(C)c(C)cc(C)c1C. The molecule has 1 unspecified atom stereocenters. The molecule has 0 radical (unpaired) electrons. The second kappa shape index (κ2) is 6.64. The highest BCUT2D eigenvalue weighted by atomic mass is 79.9. The van der Waals surface area contributed by atoms with Crippen molar-refractivity contribution in [1.29, 1.82) is 0 Å². The Morgan fingerprint density at radius 2 is 1.48 bits per heavy atom. The minimum atomic E-state index is 0.176. The van der Waals surface area contributed by atoms with Crippen molar-refractivity contribution < 1.29 is 0 Å². The summed E-state index contributed by atoms with van der Waals surface area (Å²) < 4.78 is 2.23. The molecule has 0 fully saturated rings. The van der Waals surface area contributed by atoms with Crippen LogP contribution in [0.5, 0.6) is 0 Å². The van der Waals surface area contributed by atoms with Crippen molar-refractivity contribution in [1.82, 2.24) is 5.32 Å². The molecule has 2 rings (SSSR count). The lowest BCUT2D eigenvalue weighted by Crippen LogP contribution is -2.21. The molecule has 0 aliphatic carbocycles. The summed E-state index contributed by atoms with van der Waals surface area (Å²) in [5, 5.41) is 3.49. The van der Waals surface area contributed by atoms with Crippen molar-refractivity contribution in [3.63, 3.8) is 0 Å². The Balaban J connectivity index is 2.70. The van der Waals surface area contributed by atoms with Crippen LogP contribution >= 0.6 is 31.9 Å². The molecule has 21 heavy (non-hydrogen) atoms. The smallest absolute Gasteiger partial charge is 0.0591 e. The summed E-state index contributed by atoms with van der Waals surface area (Å²) in [4.78, 5) is 0. The number of benzene rings is 2. The van der Waals surface area contributed by atoms with Gasteiger partial charge in [-0.15, -0.1) is 0 Å². The van der Waals surface area contributed by atoms with Gasteiger partial charge in [0.05, 0.1) is 6.04 Å². The van der Waals surface area contributed by atoms with Crippen LogP contribution in [0.1, 0.15) is 39.4 Å². The first-order valence-corrected chi connectivity index (χ1v) is 8.65. The monoisotopic (exact) mass is 409 g/mol. The van der Waals surface area contributed by atoms with E-state index in [1.54, 1.807) is 0 Å². The van der Waals surface area contributed by atoms with E-state index >= 15 is 0 Å².